The number of amides is 2. The van der Waals surface area contributed by atoms with Crippen molar-refractivity contribution in [1.29, 1.82) is 0 Å². The van der Waals surface area contributed by atoms with Crippen LogP contribution in [0, 0.1) is 11.8 Å². The summed E-state index contributed by atoms with van der Waals surface area (Å²) >= 11 is 0. The quantitative estimate of drug-likeness (QED) is 0.613. The Morgan fingerprint density at radius 2 is 2.14 bits per heavy atom. The number of carbonyl (C=O) groups is 1. The number of hydrogen-bond acceptors (Lipinski definition) is 2. The zero-order valence-electron chi connectivity index (χ0n) is 8.33. The molecule has 2 amide bonds. The maximum atomic E-state index is 10.5. The van der Waals surface area contributed by atoms with Crippen LogP contribution in [0.1, 0.15) is 38.5 Å². The predicted octanol–water partition coefficient (Wildman–Crippen LogP) is 1.61. The second kappa shape index (κ2) is 3.98. The first-order valence-corrected chi connectivity index (χ1v) is 5.36. The fraction of sp³-hybridized carbons (Fsp3) is 0.800. The van der Waals surface area contributed by atoms with E-state index < -0.39 is 6.03 Å². The second-order valence-electron chi connectivity index (χ2n) is 4.35. The molecule has 2 saturated carbocycles. The Bertz CT molecular complexity index is 262. The van der Waals surface area contributed by atoms with Gasteiger partial charge in [0.1, 0.15) is 0 Å². The molecule has 2 aliphatic carbocycles. The summed E-state index contributed by atoms with van der Waals surface area (Å²) < 4.78 is 0. The summed E-state index contributed by atoms with van der Waals surface area (Å²) in [4.78, 5) is 10.5. The van der Waals surface area contributed by atoms with Crippen LogP contribution >= 0.6 is 0 Å². The number of primary amides is 1. The topological polar surface area (TPSA) is 67.5 Å². The molecule has 4 heteroatoms. The van der Waals surface area contributed by atoms with Crippen molar-refractivity contribution in [2.45, 2.75) is 38.5 Å². The van der Waals surface area contributed by atoms with Gasteiger partial charge in [-0.15, -0.1) is 0 Å². The molecule has 2 rings (SSSR count). The molecule has 0 radical (unpaired) electrons. The number of hydrazone groups is 1. The first kappa shape index (κ1) is 9.49. The molecule has 0 saturated heterocycles. The average Bonchev–Trinajstić information content (AvgIpc) is 2.61. The van der Waals surface area contributed by atoms with Crippen LogP contribution in [0.4, 0.5) is 4.79 Å². The minimum absolute atomic E-state index is 0.564. The third-order valence-corrected chi connectivity index (χ3v) is 3.44. The van der Waals surface area contributed by atoms with Crippen LogP contribution in [0.2, 0.25) is 0 Å². The van der Waals surface area contributed by atoms with Crippen LogP contribution in [0.15, 0.2) is 5.10 Å². The number of urea groups is 1. The van der Waals surface area contributed by atoms with Gasteiger partial charge in [-0.2, -0.15) is 5.10 Å². The number of hydrogen-bond donors (Lipinski definition) is 2. The largest absolute Gasteiger partial charge is 0.350 e. The molecule has 0 unspecified atom stereocenters. The summed E-state index contributed by atoms with van der Waals surface area (Å²) in [6.45, 7) is 0. The standard InChI is InChI=1S/C10H17N3O/c11-10(14)13-12-9-5-4-7-2-1-3-8(7)6-9/h7-8H,1-6H2,(H3,11,13,14)/b12-9+/t7-,8+/m0/s1. The van der Waals surface area contributed by atoms with Gasteiger partial charge in [-0.1, -0.05) is 12.8 Å². The summed E-state index contributed by atoms with van der Waals surface area (Å²) in [6, 6.07) is -0.564. The molecule has 0 aromatic rings. The highest BCUT2D eigenvalue weighted by molar-refractivity contribution is 5.86. The summed E-state index contributed by atoms with van der Waals surface area (Å²) in [6.07, 6.45) is 7.42. The first-order chi connectivity index (χ1) is 6.75. The molecule has 0 aromatic heterocycles. The van der Waals surface area contributed by atoms with E-state index in [0.717, 1.165) is 30.4 Å². The van der Waals surface area contributed by atoms with Crippen LogP contribution < -0.4 is 11.2 Å². The van der Waals surface area contributed by atoms with Gasteiger partial charge >= 0.3 is 6.03 Å². The summed E-state index contributed by atoms with van der Waals surface area (Å²) in [5.74, 6) is 1.74. The van der Waals surface area contributed by atoms with E-state index in [1.54, 1.807) is 0 Å². The number of nitrogens with two attached hydrogens (primary N) is 1. The van der Waals surface area contributed by atoms with Crippen LogP contribution in [0.5, 0.6) is 0 Å². The van der Waals surface area contributed by atoms with Gasteiger partial charge in [0.05, 0.1) is 0 Å². The van der Waals surface area contributed by atoms with Gasteiger partial charge < -0.3 is 5.73 Å². The van der Waals surface area contributed by atoms with Gasteiger partial charge in [0.25, 0.3) is 0 Å². The van der Waals surface area contributed by atoms with Crippen molar-refractivity contribution in [3.05, 3.63) is 0 Å². The summed E-state index contributed by atoms with van der Waals surface area (Å²) in [5.41, 5.74) is 8.40. The van der Waals surface area contributed by atoms with E-state index in [-0.39, 0.29) is 0 Å². The monoisotopic (exact) mass is 195 g/mol. The Labute approximate surface area is 83.9 Å². The molecule has 0 heterocycles. The third kappa shape index (κ3) is 2.05. The maximum Gasteiger partial charge on any atom is 0.332 e. The van der Waals surface area contributed by atoms with E-state index in [2.05, 4.69) is 10.5 Å². The van der Waals surface area contributed by atoms with Crippen molar-refractivity contribution in [3.8, 4) is 0 Å². The molecule has 0 spiro atoms. The van der Waals surface area contributed by atoms with Gasteiger partial charge in [-0.05, 0) is 37.5 Å². The number of nitrogens with zero attached hydrogens (tertiary/aromatic N) is 1. The van der Waals surface area contributed by atoms with E-state index in [9.17, 15) is 4.79 Å². The molecule has 2 aliphatic rings. The van der Waals surface area contributed by atoms with E-state index in [1.807, 2.05) is 0 Å². The van der Waals surface area contributed by atoms with Crippen LogP contribution in [0.25, 0.3) is 0 Å². The zero-order valence-corrected chi connectivity index (χ0v) is 8.33. The van der Waals surface area contributed by atoms with E-state index in [1.165, 1.54) is 25.7 Å². The molecule has 3 N–H and O–H groups in total. The lowest BCUT2D eigenvalue weighted by molar-refractivity contribution is 0.249. The lowest BCUT2D eigenvalue weighted by atomic mass is 9.81. The van der Waals surface area contributed by atoms with Crippen molar-refractivity contribution in [2.24, 2.45) is 22.7 Å². The van der Waals surface area contributed by atoms with Gasteiger partial charge in [0.15, 0.2) is 0 Å². The van der Waals surface area contributed by atoms with Crippen molar-refractivity contribution in [3.63, 3.8) is 0 Å². The zero-order chi connectivity index (χ0) is 9.97. The molecule has 0 aromatic carbocycles. The third-order valence-electron chi connectivity index (χ3n) is 3.44. The lowest BCUT2D eigenvalue weighted by Crippen LogP contribution is -2.28. The Morgan fingerprint density at radius 3 is 2.93 bits per heavy atom. The fourth-order valence-electron chi connectivity index (χ4n) is 2.75. The average molecular weight is 195 g/mol. The van der Waals surface area contributed by atoms with Gasteiger partial charge in [0.2, 0.25) is 0 Å². The Balaban J connectivity index is 1.90. The molecular formula is C10H17N3O. The highest BCUT2D eigenvalue weighted by atomic mass is 16.2. The molecule has 78 valence electrons. The lowest BCUT2D eigenvalue weighted by Gasteiger charge is -2.25. The minimum Gasteiger partial charge on any atom is -0.350 e. The van der Waals surface area contributed by atoms with Crippen LogP contribution in [-0.2, 0) is 0 Å². The molecule has 4 nitrogen and oxygen atoms in total. The fourth-order valence-corrected chi connectivity index (χ4v) is 2.75. The van der Waals surface area contributed by atoms with Gasteiger partial charge in [0, 0.05) is 5.71 Å². The van der Waals surface area contributed by atoms with E-state index in [0.29, 0.717) is 0 Å². The second-order valence-corrected chi connectivity index (χ2v) is 4.35. The number of carbonyl (C=O) groups excluding carboxylic acids is 1. The highest BCUT2D eigenvalue weighted by Crippen LogP contribution is 2.40. The Kier molecular flexibility index (Phi) is 2.70. The molecule has 0 aliphatic heterocycles. The molecular weight excluding hydrogens is 178 g/mol. The molecule has 14 heavy (non-hydrogen) atoms. The number of rotatable bonds is 1. The highest BCUT2D eigenvalue weighted by Gasteiger charge is 2.31. The molecule has 2 fully saturated rings. The molecule has 2 atom stereocenters. The van der Waals surface area contributed by atoms with Crippen molar-refractivity contribution in [2.75, 3.05) is 0 Å². The molecule has 0 bridgehead atoms. The van der Waals surface area contributed by atoms with E-state index >= 15 is 0 Å². The summed E-state index contributed by atoms with van der Waals surface area (Å²) in [7, 11) is 0. The van der Waals surface area contributed by atoms with Gasteiger partial charge in [-0.25, -0.2) is 10.2 Å². The normalized spacial score (nSPS) is 34.1. The first-order valence-electron chi connectivity index (χ1n) is 5.36. The van der Waals surface area contributed by atoms with Crippen molar-refractivity contribution in [1.82, 2.24) is 5.43 Å². The smallest absolute Gasteiger partial charge is 0.332 e. The summed E-state index contributed by atoms with van der Waals surface area (Å²) in [5, 5.41) is 4.04. The number of nitrogens with one attached hydrogen (secondary N) is 1. The SMILES string of the molecule is NC(=O)N/N=C1\CC[C@@H]2CCC[C@@H]2C1. The Morgan fingerprint density at radius 1 is 1.36 bits per heavy atom. The Hall–Kier alpha value is -1.06. The maximum absolute atomic E-state index is 10.5. The van der Waals surface area contributed by atoms with Crippen LogP contribution in [-0.4, -0.2) is 11.7 Å². The van der Waals surface area contributed by atoms with Crippen LogP contribution in [0.3, 0.4) is 0 Å². The van der Waals surface area contributed by atoms with E-state index in [4.69, 9.17) is 5.73 Å². The van der Waals surface area contributed by atoms with Crippen molar-refractivity contribution < 1.29 is 4.79 Å². The predicted molar refractivity (Wildman–Crippen MR) is 54.8 cm³/mol. The van der Waals surface area contributed by atoms with Gasteiger partial charge in [-0.3, -0.25) is 0 Å². The van der Waals surface area contributed by atoms with Crippen molar-refractivity contribution >= 4 is 11.7 Å². The minimum atomic E-state index is -0.564. The number of fused-ring (bicyclic) bond motifs is 1.